The second-order valence-corrected chi connectivity index (χ2v) is 5.73. The van der Waals surface area contributed by atoms with Gasteiger partial charge < -0.3 is 5.32 Å². The summed E-state index contributed by atoms with van der Waals surface area (Å²) in [4.78, 5) is 0. The number of nitrogens with zero attached hydrogens (tertiary/aromatic N) is 3. The molecule has 2 rings (SSSR count). The van der Waals surface area contributed by atoms with E-state index in [9.17, 15) is 0 Å². The van der Waals surface area contributed by atoms with Gasteiger partial charge in [0.2, 0.25) is 0 Å². The van der Waals surface area contributed by atoms with Gasteiger partial charge in [0.05, 0.1) is 18.3 Å². The highest BCUT2D eigenvalue weighted by molar-refractivity contribution is 5.44. The van der Waals surface area contributed by atoms with Crippen molar-refractivity contribution in [3.63, 3.8) is 0 Å². The lowest BCUT2D eigenvalue weighted by molar-refractivity contribution is 0.347. The van der Waals surface area contributed by atoms with E-state index in [1.54, 1.807) is 0 Å². The summed E-state index contributed by atoms with van der Waals surface area (Å²) in [5.41, 5.74) is 3.40. The van der Waals surface area contributed by atoms with Crippen LogP contribution in [0.15, 0.2) is 30.5 Å². The maximum Gasteiger partial charge on any atom is 0.102 e. The van der Waals surface area contributed by atoms with Gasteiger partial charge in [0.25, 0.3) is 0 Å². The van der Waals surface area contributed by atoms with Gasteiger partial charge in [0.15, 0.2) is 0 Å². The van der Waals surface area contributed by atoms with Gasteiger partial charge in [-0.2, -0.15) is 0 Å². The molecule has 0 saturated heterocycles. The molecule has 4 nitrogen and oxygen atoms in total. The Morgan fingerprint density at radius 3 is 2.37 bits per heavy atom. The van der Waals surface area contributed by atoms with E-state index >= 15 is 0 Å². The van der Waals surface area contributed by atoms with Crippen LogP contribution in [0, 0.1) is 0 Å². The molecule has 0 saturated carbocycles. The molecule has 0 fully saturated rings. The highest BCUT2D eigenvalue weighted by Gasteiger charge is 2.14. The third kappa shape index (κ3) is 3.56. The van der Waals surface area contributed by atoms with Crippen molar-refractivity contribution in [2.24, 2.45) is 0 Å². The summed E-state index contributed by atoms with van der Waals surface area (Å²) in [7, 11) is 0. The third-order valence-corrected chi connectivity index (χ3v) is 3.06. The quantitative estimate of drug-likeness (QED) is 0.915. The fourth-order valence-corrected chi connectivity index (χ4v) is 1.76. The van der Waals surface area contributed by atoms with Crippen LogP contribution >= 0.6 is 0 Å². The predicted molar refractivity (Wildman–Crippen MR) is 78.2 cm³/mol. The zero-order valence-corrected chi connectivity index (χ0v) is 12.1. The average molecular weight is 258 g/mol. The molecule has 0 aliphatic carbocycles. The van der Waals surface area contributed by atoms with Crippen molar-refractivity contribution in [1.29, 1.82) is 0 Å². The molecule has 0 atom stereocenters. The Morgan fingerprint density at radius 2 is 1.84 bits per heavy atom. The lowest BCUT2D eigenvalue weighted by atomic mass is 10.1. The second kappa shape index (κ2) is 5.43. The van der Waals surface area contributed by atoms with Crippen LogP contribution in [0.5, 0.6) is 0 Å². The van der Waals surface area contributed by atoms with Gasteiger partial charge in [-0.1, -0.05) is 24.3 Å². The molecule has 102 valence electrons. The number of benzene rings is 1. The van der Waals surface area contributed by atoms with E-state index in [2.05, 4.69) is 67.6 Å². The maximum absolute atomic E-state index is 4.18. The topological polar surface area (TPSA) is 42.7 Å². The number of aryl methyl sites for hydroxylation is 1. The minimum atomic E-state index is -0.0198. The molecule has 2 aromatic rings. The Bertz CT molecular complexity index is 520. The number of hydrogen-bond donors (Lipinski definition) is 1. The van der Waals surface area contributed by atoms with Gasteiger partial charge in [-0.15, -0.1) is 5.10 Å². The van der Waals surface area contributed by atoms with Crippen molar-refractivity contribution < 1.29 is 0 Å². The van der Waals surface area contributed by atoms with Gasteiger partial charge in [-0.05, 0) is 44.9 Å². The monoisotopic (exact) mass is 258 g/mol. The summed E-state index contributed by atoms with van der Waals surface area (Å²) < 4.78 is 1.89. The van der Waals surface area contributed by atoms with Gasteiger partial charge >= 0.3 is 0 Å². The first-order valence-corrected chi connectivity index (χ1v) is 6.73. The normalized spacial score (nSPS) is 11.6. The summed E-state index contributed by atoms with van der Waals surface area (Å²) in [6.07, 6.45) is 3.06. The van der Waals surface area contributed by atoms with Crippen LogP contribution in [0.3, 0.4) is 0 Å². The number of rotatable bonds is 4. The minimum Gasteiger partial charge on any atom is -0.379 e. The lowest BCUT2D eigenvalue weighted by Crippen LogP contribution is -2.22. The molecular formula is C15H22N4. The Labute approximate surface area is 114 Å². The van der Waals surface area contributed by atoms with Crippen molar-refractivity contribution in [2.75, 3.05) is 5.32 Å². The summed E-state index contributed by atoms with van der Waals surface area (Å²) in [5, 5.41) is 11.7. The van der Waals surface area contributed by atoms with E-state index in [1.165, 1.54) is 5.56 Å². The van der Waals surface area contributed by atoms with E-state index in [0.29, 0.717) is 6.54 Å². The van der Waals surface area contributed by atoms with Gasteiger partial charge in [-0.25, -0.2) is 4.68 Å². The van der Waals surface area contributed by atoms with E-state index < -0.39 is 0 Å². The van der Waals surface area contributed by atoms with Crippen molar-refractivity contribution in [3.8, 4) is 0 Å². The first-order valence-electron chi connectivity index (χ1n) is 6.73. The standard InChI is InChI=1S/C15H22N4/c1-5-12-6-8-13(9-7-12)16-10-14-11-19(18-17-14)15(2,3)4/h6-9,11,16H,5,10H2,1-4H3. The molecule has 1 heterocycles. The highest BCUT2D eigenvalue weighted by atomic mass is 15.4. The molecule has 1 aromatic heterocycles. The largest absolute Gasteiger partial charge is 0.379 e. The summed E-state index contributed by atoms with van der Waals surface area (Å²) in [6, 6.07) is 8.50. The minimum absolute atomic E-state index is 0.0198. The van der Waals surface area contributed by atoms with E-state index in [4.69, 9.17) is 0 Å². The first kappa shape index (κ1) is 13.6. The Morgan fingerprint density at radius 1 is 1.16 bits per heavy atom. The maximum atomic E-state index is 4.18. The molecule has 0 spiro atoms. The van der Waals surface area contributed by atoms with Crippen molar-refractivity contribution in [3.05, 3.63) is 41.7 Å². The van der Waals surface area contributed by atoms with Crippen LogP contribution in [0.4, 0.5) is 5.69 Å². The molecule has 0 radical (unpaired) electrons. The van der Waals surface area contributed by atoms with Gasteiger partial charge in [0, 0.05) is 5.69 Å². The first-order chi connectivity index (χ1) is 8.99. The Kier molecular flexibility index (Phi) is 3.88. The Hall–Kier alpha value is -1.84. The fraction of sp³-hybridized carbons (Fsp3) is 0.467. The molecule has 1 N–H and O–H groups in total. The lowest BCUT2D eigenvalue weighted by Gasteiger charge is -2.17. The van der Waals surface area contributed by atoms with Crippen LogP contribution < -0.4 is 5.32 Å². The fourth-order valence-electron chi connectivity index (χ4n) is 1.76. The Balaban J connectivity index is 1.96. The van der Waals surface area contributed by atoms with Crippen LogP contribution in [-0.2, 0) is 18.5 Å². The van der Waals surface area contributed by atoms with Crippen LogP contribution in [0.25, 0.3) is 0 Å². The van der Waals surface area contributed by atoms with E-state index in [1.807, 2.05) is 10.9 Å². The number of hydrogen-bond acceptors (Lipinski definition) is 3. The zero-order chi connectivity index (χ0) is 13.9. The smallest absolute Gasteiger partial charge is 0.102 e. The van der Waals surface area contributed by atoms with E-state index in [0.717, 1.165) is 17.8 Å². The SMILES string of the molecule is CCc1ccc(NCc2cn(C(C)(C)C)nn2)cc1. The summed E-state index contributed by atoms with van der Waals surface area (Å²) in [6.45, 7) is 9.20. The van der Waals surface area contributed by atoms with Gasteiger partial charge in [0.1, 0.15) is 5.69 Å². The molecule has 0 aliphatic rings. The number of anilines is 1. The number of nitrogens with one attached hydrogen (secondary N) is 1. The molecule has 0 aliphatic heterocycles. The molecule has 1 aromatic carbocycles. The van der Waals surface area contributed by atoms with Crippen LogP contribution in [0.1, 0.15) is 39.0 Å². The molecular weight excluding hydrogens is 236 g/mol. The molecule has 0 bridgehead atoms. The average Bonchev–Trinajstić information content (AvgIpc) is 2.86. The van der Waals surface area contributed by atoms with Gasteiger partial charge in [-0.3, -0.25) is 0 Å². The molecule has 4 heteroatoms. The van der Waals surface area contributed by atoms with Crippen molar-refractivity contribution in [1.82, 2.24) is 15.0 Å². The highest BCUT2D eigenvalue weighted by Crippen LogP contribution is 2.13. The zero-order valence-electron chi connectivity index (χ0n) is 12.1. The molecule has 0 amide bonds. The predicted octanol–water partition coefficient (Wildman–Crippen LogP) is 3.21. The van der Waals surface area contributed by atoms with Crippen LogP contribution in [0.2, 0.25) is 0 Å². The van der Waals surface area contributed by atoms with Crippen molar-refractivity contribution in [2.45, 2.75) is 46.2 Å². The molecule has 19 heavy (non-hydrogen) atoms. The summed E-state index contributed by atoms with van der Waals surface area (Å²) in [5.74, 6) is 0. The van der Waals surface area contributed by atoms with Crippen LogP contribution in [-0.4, -0.2) is 15.0 Å². The summed E-state index contributed by atoms with van der Waals surface area (Å²) >= 11 is 0. The van der Waals surface area contributed by atoms with E-state index in [-0.39, 0.29) is 5.54 Å². The second-order valence-electron chi connectivity index (χ2n) is 5.73. The molecule has 0 unspecified atom stereocenters. The third-order valence-electron chi connectivity index (χ3n) is 3.06. The van der Waals surface area contributed by atoms with Crippen molar-refractivity contribution >= 4 is 5.69 Å². The number of aromatic nitrogens is 3.